The van der Waals surface area contributed by atoms with Crippen LogP contribution in [0.25, 0.3) is 11.2 Å². The van der Waals surface area contributed by atoms with E-state index in [-0.39, 0.29) is 13.2 Å². The maximum atomic E-state index is 11.8. The molecule has 88 valence electrons. The Bertz CT molecular complexity index is 541. The third-order valence-electron chi connectivity index (χ3n) is 2.85. The molecule has 1 aliphatic rings. The van der Waals surface area contributed by atoms with Crippen LogP contribution in [-0.4, -0.2) is 36.3 Å². The molecule has 17 heavy (non-hydrogen) atoms. The van der Waals surface area contributed by atoms with Gasteiger partial charge in [-0.25, -0.2) is 4.98 Å². The minimum atomic E-state index is -0.907. The first-order valence-corrected chi connectivity index (χ1v) is 5.14. The number of ether oxygens (including phenoxy) is 2. The molecule has 1 aliphatic heterocycles. The Morgan fingerprint density at radius 2 is 2.35 bits per heavy atom. The van der Waals surface area contributed by atoms with Crippen molar-refractivity contribution in [1.82, 2.24) is 9.97 Å². The van der Waals surface area contributed by atoms with E-state index >= 15 is 0 Å². The quantitative estimate of drug-likeness (QED) is 0.711. The molecule has 0 atom stereocenters. The van der Waals surface area contributed by atoms with Crippen LogP contribution in [0.2, 0.25) is 0 Å². The van der Waals surface area contributed by atoms with Crippen LogP contribution in [0.3, 0.4) is 0 Å². The maximum Gasteiger partial charge on any atom is 0.326 e. The van der Waals surface area contributed by atoms with Gasteiger partial charge in [-0.2, -0.15) is 4.98 Å². The van der Waals surface area contributed by atoms with Crippen molar-refractivity contribution in [3.8, 4) is 0 Å². The summed E-state index contributed by atoms with van der Waals surface area (Å²) in [4.78, 5) is 20.0. The smallest absolute Gasteiger partial charge is 0.326 e. The lowest BCUT2D eigenvalue weighted by atomic mass is 9.86. The normalized spacial score (nSPS) is 17.7. The molecular weight excluding hydrogens is 224 g/mol. The topological polar surface area (TPSA) is 74.5 Å². The molecule has 1 fully saturated rings. The number of aromatic nitrogens is 2. The van der Waals surface area contributed by atoms with E-state index in [1.807, 2.05) is 0 Å². The molecule has 2 aromatic rings. The van der Waals surface area contributed by atoms with Gasteiger partial charge in [-0.3, -0.25) is 4.79 Å². The van der Waals surface area contributed by atoms with E-state index in [0.717, 1.165) is 0 Å². The third kappa shape index (κ3) is 1.34. The lowest BCUT2D eigenvalue weighted by molar-refractivity contribution is -0.169. The summed E-state index contributed by atoms with van der Waals surface area (Å²) in [6.07, 6.45) is 1.62. The number of carbonyl (C=O) groups excluding carboxylic acids is 1. The van der Waals surface area contributed by atoms with Crippen molar-refractivity contribution in [2.75, 3.05) is 20.3 Å². The summed E-state index contributed by atoms with van der Waals surface area (Å²) in [5.41, 5.74) is 0.130. The summed E-state index contributed by atoms with van der Waals surface area (Å²) in [7, 11) is 1.34. The number of hydrogen-bond donors (Lipinski definition) is 0. The first-order chi connectivity index (χ1) is 8.26. The maximum absolute atomic E-state index is 11.8. The number of oxazole rings is 1. The minimum absolute atomic E-state index is 0.229. The second-order valence-corrected chi connectivity index (χ2v) is 3.91. The van der Waals surface area contributed by atoms with E-state index in [0.29, 0.717) is 17.1 Å². The molecule has 0 saturated carbocycles. The molecule has 0 radical (unpaired) electrons. The molecule has 0 unspecified atom stereocenters. The average Bonchev–Trinajstić information content (AvgIpc) is 2.70. The summed E-state index contributed by atoms with van der Waals surface area (Å²) < 4.78 is 15.4. The summed E-state index contributed by atoms with van der Waals surface area (Å²) in [5.74, 6) is -0.0837. The van der Waals surface area contributed by atoms with Gasteiger partial charge in [-0.05, 0) is 12.1 Å². The van der Waals surface area contributed by atoms with Crippen molar-refractivity contribution in [2.24, 2.45) is 0 Å². The predicted octanol–water partition coefficient (Wildman–Crippen LogP) is 0.664. The van der Waals surface area contributed by atoms with Crippen LogP contribution in [0.15, 0.2) is 22.7 Å². The van der Waals surface area contributed by atoms with Gasteiger partial charge in [0, 0.05) is 6.20 Å². The number of rotatable bonds is 2. The first kappa shape index (κ1) is 10.2. The Morgan fingerprint density at radius 3 is 2.94 bits per heavy atom. The van der Waals surface area contributed by atoms with Crippen LogP contribution in [0.1, 0.15) is 5.89 Å². The number of fused-ring (bicyclic) bond motifs is 1. The van der Waals surface area contributed by atoms with Crippen molar-refractivity contribution >= 4 is 17.2 Å². The highest BCUT2D eigenvalue weighted by molar-refractivity contribution is 5.84. The van der Waals surface area contributed by atoms with Crippen LogP contribution < -0.4 is 0 Å². The average molecular weight is 234 g/mol. The van der Waals surface area contributed by atoms with Gasteiger partial charge in [-0.15, -0.1) is 0 Å². The van der Waals surface area contributed by atoms with Gasteiger partial charge in [-0.1, -0.05) is 0 Å². The van der Waals surface area contributed by atoms with Crippen molar-refractivity contribution in [3.63, 3.8) is 0 Å². The lowest BCUT2D eigenvalue weighted by Gasteiger charge is -2.35. The number of nitrogens with zero attached hydrogens (tertiary/aromatic N) is 2. The molecular formula is C11H10N2O4. The molecule has 0 N–H and O–H groups in total. The van der Waals surface area contributed by atoms with Gasteiger partial charge in [0.15, 0.2) is 16.6 Å². The van der Waals surface area contributed by atoms with E-state index in [2.05, 4.69) is 9.97 Å². The Morgan fingerprint density at radius 1 is 1.53 bits per heavy atom. The molecule has 0 amide bonds. The van der Waals surface area contributed by atoms with E-state index in [1.54, 1.807) is 18.3 Å². The summed E-state index contributed by atoms with van der Waals surface area (Å²) in [6.45, 7) is 0.457. The molecule has 0 spiro atoms. The largest absolute Gasteiger partial charge is 0.468 e. The number of pyridine rings is 1. The Kier molecular flexibility index (Phi) is 2.12. The van der Waals surface area contributed by atoms with Gasteiger partial charge < -0.3 is 13.9 Å². The Labute approximate surface area is 96.6 Å². The highest BCUT2D eigenvalue weighted by Gasteiger charge is 2.53. The van der Waals surface area contributed by atoms with Gasteiger partial charge in [0.1, 0.15) is 0 Å². The van der Waals surface area contributed by atoms with Crippen molar-refractivity contribution in [2.45, 2.75) is 5.41 Å². The van der Waals surface area contributed by atoms with Gasteiger partial charge in [0.25, 0.3) is 0 Å². The van der Waals surface area contributed by atoms with Crippen LogP contribution in [0, 0.1) is 0 Å². The van der Waals surface area contributed by atoms with Gasteiger partial charge >= 0.3 is 5.97 Å². The highest BCUT2D eigenvalue weighted by atomic mass is 16.5. The molecule has 0 bridgehead atoms. The molecule has 3 rings (SSSR count). The molecule has 6 nitrogen and oxygen atoms in total. The monoisotopic (exact) mass is 234 g/mol. The molecule has 0 aromatic carbocycles. The number of methoxy groups -OCH3 is 1. The number of esters is 1. The molecule has 3 heterocycles. The molecule has 2 aromatic heterocycles. The van der Waals surface area contributed by atoms with Crippen LogP contribution >= 0.6 is 0 Å². The standard InChI is InChI=1S/C11H10N2O4/c1-15-10(14)11(5-16-6-11)9-13-8-7(17-9)3-2-4-12-8/h2-4H,5-6H2,1H3. The molecule has 0 aliphatic carbocycles. The van der Waals surface area contributed by atoms with Gasteiger partial charge in [0.05, 0.1) is 20.3 Å². The fraction of sp³-hybridized carbons (Fsp3) is 0.364. The van der Waals surface area contributed by atoms with E-state index < -0.39 is 11.4 Å². The van der Waals surface area contributed by atoms with Crippen molar-refractivity contribution < 1.29 is 18.7 Å². The Hall–Kier alpha value is -1.95. The zero-order valence-corrected chi connectivity index (χ0v) is 9.17. The van der Waals surface area contributed by atoms with Crippen molar-refractivity contribution in [1.29, 1.82) is 0 Å². The zero-order valence-electron chi connectivity index (χ0n) is 9.17. The van der Waals surface area contributed by atoms with Crippen molar-refractivity contribution in [3.05, 3.63) is 24.2 Å². The zero-order chi connectivity index (χ0) is 11.9. The fourth-order valence-corrected chi connectivity index (χ4v) is 1.80. The predicted molar refractivity (Wildman–Crippen MR) is 56.3 cm³/mol. The number of hydrogen-bond acceptors (Lipinski definition) is 6. The second kappa shape index (κ2) is 3.53. The summed E-state index contributed by atoms with van der Waals surface area (Å²) >= 11 is 0. The van der Waals surface area contributed by atoms with Crippen LogP contribution in [0.4, 0.5) is 0 Å². The third-order valence-corrected chi connectivity index (χ3v) is 2.85. The van der Waals surface area contributed by atoms with Crippen LogP contribution in [-0.2, 0) is 19.7 Å². The number of carbonyl (C=O) groups is 1. The fourth-order valence-electron chi connectivity index (χ4n) is 1.80. The van der Waals surface area contributed by atoms with E-state index in [9.17, 15) is 4.79 Å². The molecule has 1 saturated heterocycles. The summed E-state index contributed by atoms with van der Waals surface area (Å²) in [5, 5.41) is 0. The SMILES string of the molecule is COC(=O)C1(c2nc3ncccc3o2)COC1. The highest BCUT2D eigenvalue weighted by Crippen LogP contribution is 2.34. The first-order valence-electron chi connectivity index (χ1n) is 5.14. The lowest BCUT2D eigenvalue weighted by Crippen LogP contribution is -2.53. The van der Waals surface area contributed by atoms with Gasteiger partial charge in [0.2, 0.25) is 5.89 Å². The van der Waals surface area contributed by atoms with E-state index in [4.69, 9.17) is 13.9 Å². The minimum Gasteiger partial charge on any atom is -0.468 e. The molecule has 6 heteroatoms. The Balaban J connectivity index is 2.10. The summed E-state index contributed by atoms with van der Waals surface area (Å²) in [6, 6.07) is 3.50. The van der Waals surface area contributed by atoms with Crippen LogP contribution in [0.5, 0.6) is 0 Å². The van der Waals surface area contributed by atoms with E-state index in [1.165, 1.54) is 7.11 Å². The second-order valence-electron chi connectivity index (χ2n) is 3.91.